The predicted molar refractivity (Wildman–Crippen MR) is 56.8 cm³/mol. The van der Waals surface area contributed by atoms with Crippen LogP contribution in [0.2, 0.25) is 0 Å². The van der Waals surface area contributed by atoms with E-state index in [1.807, 2.05) is 0 Å². The summed E-state index contributed by atoms with van der Waals surface area (Å²) < 4.78 is 50.6. The maximum Gasteiger partial charge on any atom is 0.416 e. The Morgan fingerprint density at radius 1 is 1.24 bits per heavy atom. The van der Waals surface area contributed by atoms with E-state index in [1.54, 1.807) is 0 Å². The van der Waals surface area contributed by atoms with Gasteiger partial charge < -0.3 is 11.1 Å². The van der Waals surface area contributed by atoms with Crippen molar-refractivity contribution in [1.82, 2.24) is 5.32 Å². The molecule has 0 spiro atoms. The molecule has 1 rings (SSSR count). The van der Waals surface area contributed by atoms with Gasteiger partial charge in [-0.25, -0.2) is 4.39 Å². The Kier molecular flexibility index (Phi) is 4.89. The zero-order chi connectivity index (χ0) is 12.9. The summed E-state index contributed by atoms with van der Waals surface area (Å²) in [5.41, 5.74) is 4.36. The number of alkyl halides is 3. The molecule has 1 aromatic rings. The molecule has 0 unspecified atom stereocenters. The van der Waals surface area contributed by atoms with Crippen LogP contribution in [0.25, 0.3) is 0 Å². The quantitative estimate of drug-likeness (QED) is 0.621. The fourth-order valence-electron chi connectivity index (χ4n) is 1.42. The predicted octanol–water partition coefficient (Wildman–Crippen LogP) is 2.28. The Morgan fingerprint density at radius 2 is 1.94 bits per heavy atom. The topological polar surface area (TPSA) is 38.0 Å². The van der Waals surface area contributed by atoms with Gasteiger partial charge in [0.25, 0.3) is 0 Å². The number of halogens is 4. The second kappa shape index (κ2) is 5.97. The lowest BCUT2D eigenvalue weighted by molar-refractivity contribution is -0.138. The van der Waals surface area contributed by atoms with Gasteiger partial charge in [0.2, 0.25) is 0 Å². The number of nitrogens with one attached hydrogen (secondary N) is 1. The molecule has 0 heterocycles. The number of benzene rings is 1. The lowest BCUT2D eigenvalue weighted by atomic mass is 10.1. The molecular formula is C11H14F4N2. The SMILES string of the molecule is NCCCNCc1ccc(F)cc1C(F)(F)F. The zero-order valence-corrected chi connectivity index (χ0v) is 9.15. The van der Waals surface area contributed by atoms with Gasteiger partial charge >= 0.3 is 6.18 Å². The van der Waals surface area contributed by atoms with E-state index >= 15 is 0 Å². The maximum absolute atomic E-state index is 12.8. The van der Waals surface area contributed by atoms with Crippen LogP contribution in [0, 0.1) is 5.82 Å². The van der Waals surface area contributed by atoms with Gasteiger partial charge in [-0.3, -0.25) is 0 Å². The van der Waals surface area contributed by atoms with Gasteiger partial charge in [-0.1, -0.05) is 6.07 Å². The Bertz CT molecular complexity index is 363. The lowest BCUT2D eigenvalue weighted by Gasteiger charge is -2.13. The van der Waals surface area contributed by atoms with E-state index in [2.05, 4.69) is 5.32 Å². The van der Waals surface area contributed by atoms with Crippen molar-refractivity contribution in [3.8, 4) is 0 Å². The molecule has 0 saturated carbocycles. The fraction of sp³-hybridized carbons (Fsp3) is 0.455. The number of rotatable bonds is 5. The molecule has 0 amide bonds. The third-order valence-electron chi connectivity index (χ3n) is 2.25. The van der Waals surface area contributed by atoms with Gasteiger partial charge in [-0.2, -0.15) is 13.2 Å². The Balaban J connectivity index is 2.77. The van der Waals surface area contributed by atoms with Crippen LogP contribution in [0.4, 0.5) is 17.6 Å². The molecule has 3 N–H and O–H groups in total. The van der Waals surface area contributed by atoms with Crippen molar-refractivity contribution < 1.29 is 17.6 Å². The first-order valence-corrected chi connectivity index (χ1v) is 5.21. The zero-order valence-electron chi connectivity index (χ0n) is 9.15. The van der Waals surface area contributed by atoms with Gasteiger partial charge in [0.15, 0.2) is 0 Å². The summed E-state index contributed by atoms with van der Waals surface area (Å²) in [4.78, 5) is 0. The summed E-state index contributed by atoms with van der Waals surface area (Å²) in [7, 11) is 0. The fourth-order valence-corrected chi connectivity index (χ4v) is 1.42. The molecule has 0 aliphatic heterocycles. The minimum atomic E-state index is -4.53. The van der Waals surface area contributed by atoms with Crippen molar-refractivity contribution in [3.63, 3.8) is 0 Å². The molecule has 0 aliphatic carbocycles. The average molecular weight is 250 g/mol. The van der Waals surface area contributed by atoms with Crippen LogP contribution >= 0.6 is 0 Å². The highest BCUT2D eigenvalue weighted by atomic mass is 19.4. The number of nitrogens with two attached hydrogens (primary N) is 1. The molecule has 96 valence electrons. The Labute approximate surface area is 96.8 Å². The molecule has 2 nitrogen and oxygen atoms in total. The standard InChI is InChI=1S/C11H14F4N2/c12-9-3-2-8(7-17-5-1-4-16)10(6-9)11(13,14)15/h2-3,6,17H,1,4-5,7,16H2. The van der Waals surface area contributed by atoms with Gasteiger partial charge in [-0.15, -0.1) is 0 Å². The van der Waals surface area contributed by atoms with Crippen molar-refractivity contribution in [3.05, 3.63) is 35.1 Å². The normalized spacial score (nSPS) is 11.8. The van der Waals surface area contributed by atoms with Crippen LogP contribution in [-0.4, -0.2) is 13.1 Å². The highest BCUT2D eigenvalue weighted by Gasteiger charge is 2.33. The van der Waals surface area contributed by atoms with Crippen molar-refractivity contribution in [1.29, 1.82) is 0 Å². The van der Waals surface area contributed by atoms with Crippen LogP contribution < -0.4 is 11.1 Å². The maximum atomic E-state index is 12.8. The first-order chi connectivity index (χ1) is 7.95. The third-order valence-corrected chi connectivity index (χ3v) is 2.25. The Hall–Kier alpha value is -1.14. The summed E-state index contributed by atoms with van der Waals surface area (Å²) in [5, 5.41) is 2.83. The van der Waals surface area contributed by atoms with E-state index in [4.69, 9.17) is 5.73 Å². The Morgan fingerprint density at radius 3 is 2.53 bits per heavy atom. The minimum Gasteiger partial charge on any atom is -0.330 e. The molecule has 0 bridgehead atoms. The van der Waals surface area contributed by atoms with Gasteiger partial charge in [0.1, 0.15) is 5.82 Å². The van der Waals surface area contributed by atoms with Crippen molar-refractivity contribution >= 4 is 0 Å². The highest BCUT2D eigenvalue weighted by molar-refractivity contribution is 5.30. The molecule has 0 aliphatic rings. The van der Waals surface area contributed by atoms with Crippen molar-refractivity contribution in [2.45, 2.75) is 19.1 Å². The molecule has 6 heteroatoms. The molecule has 0 atom stereocenters. The summed E-state index contributed by atoms with van der Waals surface area (Å²) in [5.74, 6) is -0.886. The second-order valence-electron chi connectivity index (χ2n) is 3.62. The van der Waals surface area contributed by atoms with Gasteiger partial charge in [-0.05, 0) is 37.2 Å². The number of hydrogen-bond acceptors (Lipinski definition) is 2. The van der Waals surface area contributed by atoms with Gasteiger partial charge in [0, 0.05) is 6.54 Å². The first kappa shape index (κ1) is 13.9. The summed E-state index contributed by atoms with van der Waals surface area (Å²) in [6, 6.07) is 2.68. The molecule has 0 radical (unpaired) electrons. The average Bonchev–Trinajstić information content (AvgIpc) is 2.25. The lowest BCUT2D eigenvalue weighted by Crippen LogP contribution is -2.20. The molecule has 0 saturated heterocycles. The smallest absolute Gasteiger partial charge is 0.330 e. The molecule has 17 heavy (non-hydrogen) atoms. The summed E-state index contributed by atoms with van der Waals surface area (Å²) in [6.45, 7) is 1.06. The van der Waals surface area contributed by atoms with E-state index in [-0.39, 0.29) is 12.1 Å². The first-order valence-electron chi connectivity index (χ1n) is 5.21. The van der Waals surface area contributed by atoms with E-state index in [1.165, 1.54) is 0 Å². The van der Waals surface area contributed by atoms with Gasteiger partial charge in [0.05, 0.1) is 5.56 Å². The summed E-state index contributed by atoms with van der Waals surface area (Å²) >= 11 is 0. The van der Waals surface area contributed by atoms with Crippen molar-refractivity contribution in [2.24, 2.45) is 5.73 Å². The minimum absolute atomic E-state index is 0.0379. The van der Waals surface area contributed by atoms with E-state index < -0.39 is 17.6 Å². The molecule has 0 aromatic heterocycles. The van der Waals surface area contributed by atoms with E-state index in [0.717, 1.165) is 12.1 Å². The monoisotopic (exact) mass is 250 g/mol. The molecular weight excluding hydrogens is 236 g/mol. The van der Waals surface area contributed by atoms with Crippen molar-refractivity contribution in [2.75, 3.05) is 13.1 Å². The second-order valence-corrected chi connectivity index (χ2v) is 3.62. The summed E-state index contributed by atoms with van der Waals surface area (Å²) in [6.07, 6.45) is -3.85. The molecule has 0 fully saturated rings. The molecule has 1 aromatic carbocycles. The van der Waals surface area contributed by atoms with Crippen LogP contribution in [0.1, 0.15) is 17.5 Å². The largest absolute Gasteiger partial charge is 0.416 e. The highest BCUT2D eigenvalue weighted by Crippen LogP contribution is 2.32. The van der Waals surface area contributed by atoms with Crippen LogP contribution in [0.5, 0.6) is 0 Å². The van der Waals surface area contributed by atoms with Crippen LogP contribution in [0.15, 0.2) is 18.2 Å². The van der Waals surface area contributed by atoms with E-state index in [9.17, 15) is 17.6 Å². The van der Waals surface area contributed by atoms with Crippen LogP contribution in [0.3, 0.4) is 0 Å². The third kappa shape index (κ3) is 4.32. The number of hydrogen-bond donors (Lipinski definition) is 2. The van der Waals surface area contributed by atoms with Crippen LogP contribution in [-0.2, 0) is 12.7 Å². The van der Waals surface area contributed by atoms with E-state index in [0.29, 0.717) is 25.6 Å².